The first-order chi connectivity index (χ1) is 11.9. The smallest absolute Gasteiger partial charge is 0.269 e. The van der Waals surface area contributed by atoms with Crippen LogP contribution in [0, 0.1) is 10.1 Å². The van der Waals surface area contributed by atoms with Crippen LogP contribution < -0.4 is 4.72 Å². The average Bonchev–Trinajstić information content (AvgIpc) is 2.55. The van der Waals surface area contributed by atoms with Crippen LogP contribution in [-0.4, -0.2) is 25.0 Å². The number of nitro benzene ring substituents is 1. The van der Waals surface area contributed by atoms with Gasteiger partial charge in [-0.1, -0.05) is 30.3 Å². The maximum absolute atomic E-state index is 12.0. The first-order valence-electron chi connectivity index (χ1n) is 7.30. The van der Waals surface area contributed by atoms with Gasteiger partial charge in [0.15, 0.2) is 0 Å². The van der Waals surface area contributed by atoms with Crippen LogP contribution in [0.4, 0.5) is 5.69 Å². The van der Waals surface area contributed by atoms with Crippen molar-refractivity contribution in [1.29, 1.82) is 0 Å². The highest BCUT2D eigenvalue weighted by molar-refractivity contribution is 7.99. The zero-order valence-electron chi connectivity index (χ0n) is 13.1. The van der Waals surface area contributed by atoms with Crippen molar-refractivity contribution < 1.29 is 18.1 Å². The number of rotatable bonds is 8. The van der Waals surface area contributed by atoms with Crippen LogP contribution in [0.3, 0.4) is 0 Å². The number of non-ortho nitro benzene ring substituents is 1. The molecule has 2 aromatic rings. The topological polar surface area (TPSA) is 106 Å². The number of sulfonamides is 1. The second kappa shape index (κ2) is 8.63. The Kier molecular flexibility index (Phi) is 6.54. The van der Waals surface area contributed by atoms with Gasteiger partial charge in [0, 0.05) is 29.2 Å². The molecule has 0 aliphatic rings. The molecule has 0 bridgehead atoms. The highest BCUT2D eigenvalue weighted by Gasteiger charge is 2.16. The predicted molar refractivity (Wildman–Crippen MR) is 95.6 cm³/mol. The van der Waals surface area contributed by atoms with Crippen LogP contribution in [0.1, 0.15) is 12.0 Å². The summed E-state index contributed by atoms with van der Waals surface area (Å²) in [5, 5.41) is 10.6. The van der Waals surface area contributed by atoms with Crippen LogP contribution >= 0.6 is 11.8 Å². The highest BCUT2D eigenvalue weighted by Crippen LogP contribution is 2.18. The van der Waals surface area contributed by atoms with Crippen molar-refractivity contribution in [3.05, 3.63) is 70.3 Å². The van der Waals surface area contributed by atoms with Crippen molar-refractivity contribution in [2.24, 2.45) is 0 Å². The lowest BCUT2D eigenvalue weighted by atomic mass is 10.2. The second-order valence-electron chi connectivity index (χ2n) is 5.12. The van der Waals surface area contributed by atoms with Gasteiger partial charge in [-0.2, -0.15) is 0 Å². The molecule has 132 valence electrons. The standard InChI is InChI=1S/C16H16N2O5S2/c19-16(10-11-24-15-4-2-1-3-5-15)17-25(22,23)12-13-6-8-14(9-7-13)18(20)21/h1-9H,10-12H2,(H,17,19). The maximum atomic E-state index is 12.0. The van der Waals surface area contributed by atoms with E-state index in [9.17, 15) is 23.3 Å². The first kappa shape index (κ1) is 18.9. The van der Waals surface area contributed by atoms with Crippen molar-refractivity contribution in [3.63, 3.8) is 0 Å². The Hall–Kier alpha value is -2.39. The quantitative estimate of drug-likeness (QED) is 0.429. The Labute approximate surface area is 149 Å². The minimum atomic E-state index is -3.84. The number of carbonyl (C=O) groups is 1. The van der Waals surface area contributed by atoms with Gasteiger partial charge in [0.25, 0.3) is 5.69 Å². The fourth-order valence-corrected chi connectivity index (χ4v) is 4.00. The molecule has 2 aromatic carbocycles. The number of thioether (sulfide) groups is 1. The van der Waals surface area contributed by atoms with E-state index in [4.69, 9.17) is 0 Å². The van der Waals surface area contributed by atoms with E-state index in [2.05, 4.69) is 0 Å². The van der Waals surface area contributed by atoms with E-state index >= 15 is 0 Å². The van der Waals surface area contributed by atoms with Gasteiger partial charge in [-0.3, -0.25) is 19.6 Å². The molecule has 9 heteroatoms. The molecule has 0 spiro atoms. The van der Waals surface area contributed by atoms with E-state index < -0.39 is 26.6 Å². The molecular formula is C16H16N2O5S2. The van der Waals surface area contributed by atoms with Crippen molar-refractivity contribution in [1.82, 2.24) is 4.72 Å². The fraction of sp³-hybridized carbons (Fsp3) is 0.188. The van der Waals surface area contributed by atoms with Gasteiger partial charge in [-0.25, -0.2) is 8.42 Å². The summed E-state index contributed by atoms with van der Waals surface area (Å²) in [7, 11) is -3.84. The number of nitro groups is 1. The number of hydrogen-bond acceptors (Lipinski definition) is 6. The summed E-state index contributed by atoms with van der Waals surface area (Å²) in [6.45, 7) is 0. The molecule has 1 amide bonds. The SMILES string of the molecule is O=C(CCSc1ccccc1)NS(=O)(=O)Cc1ccc([N+](=O)[O-])cc1. The van der Waals surface area contributed by atoms with Crippen LogP contribution in [0.2, 0.25) is 0 Å². The van der Waals surface area contributed by atoms with Crippen molar-refractivity contribution >= 4 is 33.4 Å². The lowest BCUT2D eigenvalue weighted by Crippen LogP contribution is -2.31. The van der Waals surface area contributed by atoms with Gasteiger partial charge in [-0.05, 0) is 17.7 Å². The lowest BCUT2D eigenvalue weighted by Gasteiger charge is -2.07. The second-order valence-corrected chi connectivity index (χ2v) is 8.01. The summed E-state index contributed by atoms with van der Waals surface area (Å²) in [6, 6.07) is 14.6. The number of nitrogens with zero attached hydrogens (tertiary/aromatic N) is 1. The number of amides is 1. The third-order valence-corrected chi connectivity index (χ3v) is 5.38. The zero-order chi connectivity index (χ0) is 18.3. The highest BCUT2D eigenvalue weighted by atomic mass is 32.2. The van der Waals surface area contributed by atoms with Gasteiger partial charge in [-0.15, -0.1) is 11.8 Å². The number of benzene rings is 2. The Morgan fingerprint density at radius 3 is 2.32 bits per heavy atom. The van der Waals surface area contributed by atoms with Crippen molar-refractivity contribution in [3.8, 4) is 0 Å². The minimum absolute atomic E-state index is 0.0685. The third-order valence-electron chi connectivity index (χ3n) is 3.11. The summed E-state index contributed by atoms with van der Waals surface area (Å²) >= 11 is 1.46. The largest absolute Gasteiger partial charge is 0.274 e. The minimum Gasteiger partial charge on any atom is -0.274 e. The molecule has 0 heterocycles. The van der Waals surface area contributed by atoms with Gasteiger partial charge in [0.2, 0.25) is 15.9 Å². The molecule has 0 atom stereocenters. The Morgan fingerprint density at radius 1 is 1.08 bits per heavy atom. The van der Waals surface area contributed by atoms with Gasteiger partial charge in [0.05, 0.1) is 10.7 Å². The molecule has 7 nitrogen and oxygen atoms in total. The van der Waals surface area contributed by atoms with Crippen molar-refractivity contribution in [2.45, 2.75) is 17.1 Å². The van der Waals surface area contributed by atoms with E-state index in [0.29, 0.717) is 11.3 Å². The van der Waals surface area contributed by atoms with E-state index in [1.165, 1.54) is 36.0 Å². The Balaban J connectivity index is 1.83. The first-order valence-corrected chi connectivity index (χ1v) is 9.94. The molecular weight excluding hydrogens is 364 g/mol. The molecule has 0 saturated heterocycles. The van der Waals surface area contributed by atoms with E-state index in [-0.39, 0.29) is 12.1 Å². The molecule has 0 aromatic heterocycles. The predicted octanol–water partition coefficient (Wildman–Crippen LogP) is 2.72. The summed E-state index contributed by atoms with van der Waals surface area (Å²) in [4.78, 5) is 22.8. The zero-order valence-corrected chi connectivity index (χ0v) is 14.8. The molecule has 1 N–H and O–H groups in total. The number of hydrogen-bond donors (Lipinski definition) is 1. The fourth-order valence-electron chi connectivity index (χ4n) is 1.97. The molecule has 25 heavy (non-hydrogen) atoms. The Bertz CT molecular complexity index is 837. The van der Waals surface area contributed by atoms with Crippen LogP contribution in [-0.2, 0) is 20.6 Å². The number of nitrogens with one attached hydrogen (secondary N) is 1. The third kappa shape index (κ3) is 6.55. The van der Waals surface area contributed by atoms with E-state index in [1.54, 1.807) is 0 Å². The average molecular weight is 380 g/mol. The molecule has 0 unspecified atom stereocenters. The van der Waals surface area contributed by atoms with Crippen molar-refractivity contribution in [2.75, 3.05) is 5.75 Å². The number of carbonyl (C=O) groups excluding carboxylic acids is 1. The van der Waals surface area contributed by atoms with E-state index in [1.807, 2.05) is 35.1 Å². The molecule has 0 aliphatic heterocycles. The van der Waals surface area contributed by atoms with E-state index in [0.717, 1.165) is 4.90 Å². The Morgan fingerprint density at radius 2 is 1.72 bits per heavy atom. The normalized spacial score (nSPS) is 11.0. The summed E-state index contributed by atoms with van der Waals surface area (Å²) in [5.74, 6) is -0.531. The van der Waals surface area contributed by atoms with Gasteiger partial charge >= 0.3 is 0 Å². The summed E-state index contributed by atoms with van der Waals surface area (Å²) in [6.07, 6.45) is 0.0685. The molecule has 0 fully saturated rings. The van der Waals surface area contributed by atoms with Crippen LogP contribution in [0.25, 0.3) is 0 Å². The maximum Gasteiger partial charge on any atom is 0.269 e. The lowest BCUT2D eigenvalue weighted by molar-refractivity contribution is -0.384. The molecule has 0 saturated carbocycles. The molecule has 0 radical (unpaired) electrons. The molecule has 2 rings (SSSR count). The van der Waals surface area contributed by atoms with Gasteiger partial charge in [0.1, 0.15) is 0 Å². The monoisotopic (exact) mass is 380 g/mol. The van der Waals surface area contributed by atoms with Crippen LogP contribution in [0.5, 0.6) is 0 Å². The summed E-state index contributed by atoms with van der Waals surface area (Å²) in [5.41, 5.74) is 0.243. The van der Waals surface area contributed by atoms with Gasteiger partial charge < -0.3 is 0 Å². The summed E-state index contributed by atoms with van der Waals surface area (Å²) < 4.78 is 26.0. The van der Waals surface area contributed by atoms with Crippen LogP contribution in [0.15, 0.2) is 59.5 Å². The molecule has 0 aliphatic carbocycles.